The molecular weight excluding hydrogens is 386 g/mol. The van der Waals surface area contributed by atoms with Gasteiger partial charge in [-0.15, -0.1) is 10.2 Å². The summed E-state index contributed by atoms with van der Waals surface area (Å²) < 4.78 is 0. The maximum Gasteiger partial charge on any atom is 0.286 e. The smallest absolute Gasteiger partial charge is 0.286 e. The molecule has 1 aliphatic rings. The van der Waals surface area contributed by atoms with Crippen LogP contribution >= 0.6 is 11.3 Å². The topological polar surface area (TPSA) is 87.2 Å². The summed E-state index contributed by atoms with van der Waals surface area (Å²) in [7, 11) is 0. The molecule has 2 heterocycles. The Morgan fingerprint density at radius 2 is 2.10 bits per heavy atom. The van der Waals surface area contributed by atoms with Gasteiger partial charge in [0.25, 0.3) is 11.8 Å². The summed E-state index contributed by atoms with van der Waals surface area (Å²) in [4.78, 5) is 27.3. The predicted molar refractivity (Wildman–Crippen MR) is 116 cm³/mol. The van der Waals surface area contributed by atoms with Crippen molar-refractivity contribution in [3.8, 4) is 0 Å². The van der Waals surface area contributed by atoms with Crippen LogP contribution in [0.1, 0.15) is 64.7 Å². The van der Waals surface area contributed by atoms with E-state index in [1.807, 2.05) is 6.92 Å². The van der Waals surface area contributed by atoms with Gasteiger partial charge in [-0.2, -0.15) is 0 Å². The number of aryl methyl sites for hydroxylation is 1. The standard InChI is InChI=1S/C21H29N5O2S/c1-3-18-24-25-21(29-18)20(28)23-17-10-6-9-16(14-17)19(27)22-11-7-13-26-12-5-4-8-15(26)2/h6,9-10,14-15H,3-5,7-8,11-13H2,1-2H3,(H,22,27)(H,23,28)/t15-/m0/s1. The number of carbonyl (C=O) groups is 2. The number of nitrogens with one attached hydrogen (secondary N) is 2. The van der Waals surface area contributed by atoms with Crippen LogP contribution in [-0.2, 0) is 6.42 Å². The Labute approximate surface area is 175 Å². The fourth-order valence-corrected chi connectivity index (χ4v) is 4.16. The third kappa shape index (κ3) is 6.08. The molecule has 7 nitrogen and oxygen atoms in total. The summed E-state index contributed by atoms with van der Waals surface area (Å²) in [6, 6.07) is 7.59. The Balaban J connectivity index is 1.47. The number of carbonyl (C=O) groups excluding carboxylic acids is 2. The van der Waals surface area contributed by atoms with E-state index in [9.17, 15) is 9.59 Å². The van der Waals surface area contributed by atoms with Crippen molar-refractivity contribution in [2.24, 2.45) is 0 Å². The van der Waals surface area contributed by atoms with Gasteiger partial charge in [0, 0.05) is 30.4 Å². The van der Waals surface area contributed by atoms with E-state index >= 15 is 0 Å². The van der Waals surface area contributed by atoms with Crippen LogP contribution < -0.4 is 10.6 Å². The molecule has 0 bridgehead atoms. The first-order chi connectivity index (χ1) is 14.1. The van der Waals surface area contributed by atoms with Gasteiger partial charge in [-0.25, -0.2) is 0 Å². The first-order valence-corrected chi connectivity index (χ1v) is 11.1. The Hall–Kier alpha value is -2.32. The molecule has 3 rings (SSSR count). The van der Waals surface area contributed by atoms with E-state index in [4.69, 9.17) is 0 Å². The molecule has 8 heteroatoms. The Bertz CT molecular complexity index is 838. The second-order valence-electron chi connectivity index (χ2n) is 7.38. The van der Waals surface area contributed by atoms with E-state index in [0.29, 0.717) is 28.8 Å². The van der Waals surface area contributed by atoms with Crippen LogP contribution in [0.5, 0.6) is 0 Å². The van der Waals surface area contributed by atoms with Crippen LogP contribution in [0.2, 0.25) is 0 Å². The van der Waals surface area contributed by atoms with Crippen molar-refractivity contribution >= 4 is 28.8 Å². The summed E-state index contributed by atoms with van der Waals surface area (Å²) >= 11 is 1.28. The summed E-state index contributed by atoms with van der Waals surface area (Å²) in [5.41, 5.74) is 1.10. The molecule has 1 atom stereocenters. The largest absolute Gasteiger partial charge is 0.352 e. The molecule has 2 aromatic rings. The van der Waals surface area contributed by atoms with Crippen LogP contribution in [-0.4, -0.2) is 52.6 Å². The number of nitrogens with zero attached hydrogens (tertiary/aromatic N) is 3. The van der Waals surface area contributed by atoms with Crippen molar-refractivity contribution < 1.29 is 9.59 Å². The predicted octanol–water partition coefficient (Wildman–Crippen LogP) is 3.35. The third-order valence-corrected chi connectivity index (χ3v) is 6.26. The number of hydrogen-bond acceptors (Lipinski definition) is 6. The molecule has 1 aromatic heterocycles. The van der Waals surface area contributed by atoms with Gasteiger partial charge in [-0.1, -0.05) is 30.7 Å². The zero-order valence-corrected chi connectivity index (χ0v) is 17.9. The van der Waals surface area contributed by atoms with Gasteiger partial charge in [0.1, 0.15) is 5.01 Å². The zero-order chi connectivity index (χ0) is 20.6. The van der Waals surface area contributed by atoms with E-state index in [2.05, 4.69) is 32.7 Å². The molecule has 29 heavy (non-hydrogen) atoms. The number of piperidine rings is 1. The number of amides is 2. The summed E-state index contributed by atoms with van der Waals surface area (Å²) in [6.07, 6.45) is 5.54. The lowest BCUT2D eigenvalue weighted by molar-refractivity contribution is 0.0947. The van der Waals surface area contributed by atoms with Gasteiger partial charge >= 0.3 is 0 Å². The maximum atomic E-state index is 12.5. The van der Waals surface area contributed by atoms with Crippen molar-refractivity contribution in [3.63, 3.8) is 0 Å². The van der Waals surface area contributed by atoms with Crippen molar-refractivity contribution in [1.29, 1.82) is 0 Å². The van der Waals surface area contributed by atoms with Crippen LogP contribution in [0.4, 0.5) is 5.69 Å². The monoisotopic (exact) mass is 415 g/mol. The lowest BCUT2D eigenvalue weighted by Gasteiger charge is -2.33. The van der Waals surface area contributed by atoms with E-state index in [0.717, 1.165) is 30.9 Å². The van der Waals surface area contributed by atoms with Crippen molar-refractivity contribution in [1.82, 2.24) is 20.4 Å². The molecule has 0 radical (unpaired) electrons. The van der Waals surface area contributed by atoms with Crippen LogP contribution in [0.3, 0.4) is 0 Å². The Morgan fingerprint density at radius 1 is 1.24 bits per heavy atom. The van der Waals surface area contributed by atoms with Crippen LogP contribution in [0.15, 0.2) is 24.3 Å². The number of hydrogen-bond donors (Lipinski definition) is 2. The van der Waals surface area contributed by atoms with E-state index in [1.54, 1.807) is 24.3 Å². The highest BCUT2D eigenvalue weighted by Crippen LogP contribution is 2.17. The van der Waals surface area contributed by atoms with Crippen molar-refractivity contribution in [2.75, 3.05) is 25.0 Å². The highest BCUT2D eigenvalue weighted by atomic mass is 32.1. The first-order valence-electron chi connectivity index (χ1n) is 10.3. The molecule has 0 unspecified atom stereocenters. The molecule has 0 saturated carbocycles. The molecule has 1 aliphatic heterocycles. The fourth-order valence-electron chi connectivity index (χ4n) is 3.49. The van der Waals surface area contributed by atoms with Gasteiger partial charge in [0.2, 0.25) is 5.01 Å². The maximum absolute atomic E-state index is 12.5. The van der Waals surface area contributed by atoms with Gasteiger partial charge in [-0.3, -0.25) is 9.59 Å². The third-order valence-electron chi connectivity index (χ3n) is 5.19. The first kappa shape index (κ1) is 21.4. The molecule has 1 aromatic carbocycles. The average Bonchev–Trinajstić information content (AvgIpc) is 3.22. The second kappa shape index (κ2) is 10.5. The zero-order valence-electron chi connectivity index (χ0n) is 17.1. The normalized spacial score (nSPS) is 17.1. The lowest BCUT2D eigenvalue weighted by atomic mass is 10.0. The number of rotatable bonds is 8. The molecule has 0 aliphatic carbocycles. The van der Waals surface area contributed by atoms with Gasteiger partial charge in [-0.05, 0) is 57.4 Å². The fraction of sp³-hybridized carbons (Fsp3) is 0.524. The number of benzene rings is 1. The highest BCUT2D eigenvalue weighted by Gasteiger charge is 2.17. The Morgan fingerprint density at radius 3 is 2.86 bits per heavy atom. The minimum absolute atomic E-state index is 0.128. The molecule has 2 N–H and O–H groups in total. The van der Waals surface area contributed by atoms with E-state index in [1.165, 1.54) is 30.6 Å². The molecule has 1 fully saturated rings. The number of aromatic nitrogens is 2. The summed E-state index contributed by atoms with van der Waals surface area (Å²) in [5, 5.41) is 14.8. The van der Waals surface area contributed by atoms with Crippen molar-refractivity contribution in [2.45, 2.75) is 52.0 Å². The second-order valence-corrected chi connectivity index (χ2v) is 8.44. The molecule has 1 saturated heterocycles. The van der Waals surface area contributed by atoms with Crippen LogP contribution in [0.25, 0.3) is 0 Å². The van der Waals surface area contributed by atoms with Gasteiger partial charge < -0.3 is 15.5 Å². The number of anilines is 1. The van der Waals surface area contributed by atoms with Gasteiger partial charge in [0.05, 0.1) is 0 Å². The van der Waals surface area contributed by atoms with E-state index < -0.39 is 0 Å². The quantitative estimate of drug-likeness (QED) is 0.646. The summed E-state index contributed by atoms with van der Waals surface area (Å²) in [6.45, 7) is 7.06. The molecule has 2 amide bonds. The summed E-state index contributed by atoms with van der Waals surface area (Å²) in [5.74, 6) is -0.438. The highest BCUT2D eigenvalue weighted by molar-refractivity contribution is 7.13. The number of likely N-dealkylation sites (tertiary alicyclic amines) is 1. The van der Waals surface area contributed by atoms with Crippen LogP contribution in [0, 0.1) is 0 Å². The SMILES string of the molecule is CCc1nnc(C(=O)Nc2cccc(C(=O)NCCCN3CCCC[C@@H]3C)c2)s1. The molecule has 156 valence electrons. The minimum atomic E-state index is -0.310. The lowest BCUT2D eigenvalue weighted by Crippen LogP contribution is -2.39. The minimum Gasteiger partial charge on any atom is -0.352 e. The van der Waals surface area contributed by atoms with E-state index in [-0.39, 0.29) is 11.8 Å². The van der Waals surface area contributed by atoms with Gasteiger partial charge in [0.15, 0.2) is 0 Å². The molecule has 0 spiro atoms. The molecular formula is C21H29N5O2S. The van der Waals surface area contributed by atoms with Crippen molar-refractivity contribution in [3.05, 3.63) is 39.8 Å². The average molecular weight is 416 g/mol. The Kier molecular flexibility index (Phi) is 7.71.